The normalized spacial score (nSPS) is 24.5. The largest absolute Gasteiger partial charge is 0.330 e. The molecule has 2 fully saturated rings. The highest BCUT2D eigenvalue weighted by Crippen LogP contribution is 2.57. The molecule has 0 unspecified atom stereocenters. The van der Waals surface area contributed by atoms with Crippen molar-refractivity contribution in [1.29, 1.82) is 0 Å². The van der Waals surface area contributed by atoms with E-state index in [1.807, 2.05) is 0 Å². The van der Waals surface area contributed by atoms with Gasteiger partial charge in [0, 0.05) is 1.43 Å². The molecule has 2 saturated carbocycles. The lowest BCUT2D eigenvalue weighted by Crippen LogP contribution is -1.93. The van der Waals surface area contributed by atoms with E-state index in [1.54, 1.807) is 25.7 Å². The predicted molar refractivity (Wildman–Crippen MR) is 51.6 cm³/mol. The third kappa shape index (κ3) is 2.82. The third-order valence-corrected chi connectivity index (χ3v) is 2.91. The molecule has 0 radical (unpaired) electrons. The molecule has 0 amide bonds. The maximum absolute atomic E-state index is 5.03. The van der Waals surface area contributed by atoms with Crippen LogP contribution in [0.4, 0.5) is 0 Å². The van der Waals surface area contributed by atoms with E-state index in [0.29, 0.717) is 0 Å². The van der Waals surface area contributed by atoms with Gasteiger partial charge in [-0.05, 0) is 44.1 Å². The maximum atomic E-state index is 5.03. The van der Waals surface area contributed by atoms with Crippen LogP contribution < -0.4 is 5.73 Å². The molecule has 2 aliphatic rings. The fourth-order valence-electron chi connectivity index (χ4n) is 1.80. The van der Waals surface area contributed by atoms with E-state index in [9.17, 15) is 0 Å². The molecule has 0 atom stereocenters. The van der Waals surface area contributed by atoms with Crippen molar-refractivity contribution < 1.29 is 1.43 Å². The van der Waals surface area contributed by atoms with Gasteiger partial charge in [-0.25, -0.2) is 0 Å². The Bertz CT molecular complexity index is 100. The van der Waals surface area contributed by atoms with Gasteiger partial charge in [0.25, 0.3) is 0 Å². The Hall–Kier alpha value is -0.0400. The molecule has 68 valence electrons. The fourth-order valence-corrected chi connectivity index (χ4v) is 1.80. The molecule has 0 bridgehead atoms. The van der Waals surface area contributed by atoms with Gasteiger partial charge in [-0.3, -0.25) is 0 Å². The van der Waals surface area contributed by atoms with Crippen LogP contribution in [0.15, 0.2) is 0 Å². The molecule has 0 aromatic carbocycles. The van der Waals surface area contributed by atoms with E-state index in [1.165, 1.54) is 12.8 Å². The van der Waals surface area contributed by atoms with Crippen LogP contribution in [0.25, 0.3) is 0 Å². The molecule has 0 heterocycles. The van der Waals surface area contributed by atoms with Crippen LogP contribution in [0.5, 0.6) is 0 Å². The number of hydrogen-bond acceptors (Lipinski definition) is 1. The van der Waals surface area contributed by atoms with Crippen molar-refractivity contribution in [2.45, 2.75) is 51.9 Å². The molecule has 2 rings (SSSR count). The smallest absolute Gasteiger partial charge is 0 e. The van der Waals surface area contributed by atoms with Crippen LogP contribution in [-0.4, -0.2) is 6.54 Å². The van der Waals surface area contributed by atoms with E-state index in [0.717, 1.165) is 18.4 Å². The number of nitrogens with two attached hydrogens (primary N) is 1. The zero-order chi connectivity index (χ0) is 8.16. The molecule has 0 aliphatic heterocycles. The average molecular weight is 157 g/mol. The lowest BCUT2D eigenvalue weighted by atomic mass is 10.1. The van der Waals surface area contributed by atoms with E-state index in [2.05, 4.69) is 6.92 Å². The van der Waals surface area contributed by atoms with Crippen LogP contribution in [-0.2, 0) is 0 Å². The maximum Gasteiger partial charge on any atom is 0 e. The van der Waals surface area contributed by atoms with Gasteiger partial charge in [-0.15, -0.1) is 0 Å². The summed E-state index contributed by atoms with van der Waals surface area (Å²) in [5.74, 6) is 0. The first-order valence-electron chi connectivity index (χ1n) is 5.03. The first-order chi connectivity index (χ1) is 5.33. The van der Waals surface area contributed by atoms with Gasteiger partial charge in [-0.1, -0.05) is 19.8 Å². The van der Waals surface area contributed by atoms with Crippen molar-refractivity contribution in [2.75, 3.05) is 6.54 Å². The molecular formula is C10H23N. The van der Waals surface area contributed by atoms with E-state index in [-0.39, 0.29) is 1.43 Å². The van der Waals surface area contributed by atoms with Gasteiger partial charge < -0.3 is 5.73 Å². The summed E-state index contributed by atoms with van der Waals surface area (Å²) in [4.78, 5) is 0. The number of hydrogen-bond donors (Lipinski definition) is 1. The molecule has 2 N–H and O–H groups in total. The second kappa shape index (κ2) is 4.10. The van der Waals surface area contributed by atoms with Crippen molar-refractivity contribution in [3.8, 4) is 0 Å². The Morgan fingerprint density at radius 1 is 1.18 bits per heavy atom. The predicted octanol–water partition coefficient (Wildman–Crippen LogP) is 2.94. The Kier molecular flexibility index (Phi) is 3.38. The summed E-state index contributed by atoms with van der Waals surface area (Å²) in [6, 6.07) is 0. The molecule has 1 heteroatoms. The molecule has 0 aromatic rings. The lowest BCUT2D eigenvalue weighted by molar-refractivity contribution is 0.535. The van der Waals surface area contributed by atoms with Crippen LogP contribution in [0.3, 0.4) is 0 Å². The van der Waals surface area contributed by atoms with Gasteiger partial charge >= 0.3 is 0 Å². The summed E-state index contributed by atoms with van der Waals surface area (Å²) in [7, 11) is 0. The lowest BCUT2D eigenvalue weighted by Gasteiger charge is -1.97. The highest BCUT2D eigenvalue weighted by Gasteiger charge is 2.43. The Labute approximate surface area is 71.8 Å². The summed E-state index contributed by atoms with van der Waals surface area (Å²) in [6.45, 7) is 2.88. The molecule has 0 saturated heterocycles. The van der Waals surface area contributed by atoms with Crippen molar-refractivity contribution in [3.63, 3.8) is 0 Å². The first-order valence-corrected chi connectivity index (χ1v) is 5.03. The third-order valence-electron chi connectivity index (χ3n) is 2.91. The summed E-state index contributed by atoms with van der Waals surface area (Å²) >= 11 is 0. The van der Waals surface area contributed by atoms with Crippen LogP contribution in [0.2, 0.25) is 0 Å². The second-order valence-corrected chi connectivity index (χ2v) is 4.00. The molecular weight excluding hydrogens is 134 g/mol. The topological polar surface area (TPSA) is 26.0 Å². The van der Waals surface area contributed by atoms with Gasteiger partial charge in [0.05, 0.1) is 0 Å². The van der Waals surface area contributed by atoms with E-state index in [4.69, 9.17) is 5.73 Å². The quantitative estimate of drug-likeness (QED) is 0.622. The summed E-state index contributed by atoms with van der Waals surface area (Å²) in [6.07, 6.45) is 10.4. The van der Waals surface area contributed by atoms with Crippen LogP contribution >= 0.6 is 0 Å². The highest BCUT2D eigenvalue weighted by molar-refractivity contribution is 4.95. The minimum atomic E-state index is 0. The first kappa shape index (κ1) is 9.05. The average Bonchev–Trinajstić information content (AvgIpc) is 2.61. The fraction of sp³-hybridized carbons (Fsp3) is 1.00. The van der Waals surface area contributed by atoms with Gasteiger partial charge in [-0.2, -0.15) is 0 Å². The molecule has 2 aliphatic carbocycles. The van der Waals surface area contributed by atoms with Gasteiger partial charge in [0.1, 0.15) is 0 Å². The Balaban J connectivity index is 0.000000217. The summed E-state index contributed by atoms with van der Waals surface area (Å²) in [5, 5.41) is 0. The van der Waals surface area contributed by atoms with Crippen LogP contribution in [0, 0.1) is 5.41 Å². The van der Waals surface area contributed by atoms with Crippen molar-refractivity contribution in [2.24, 2.45) is 11.1 Å². The van der Waals surface area contributed by atoms with Gasteiger partial charge in [0.15, 0.2) is 0 Å². The second-order valence-electron chi connectivity index (χ2n) is 4.00. The SMILES string of the molecule is C1CCC2(C1)CC2.CCCN.[HH]. The van der Waals surface area contributed by atoms with E-state index >= 15 is 0 Å². The zero-order valence-corrected chi connectivity index (χ0v) is 7.73. The van der Waals surface area contributed by atoms with Gasteiger partial charge in [0.2, 0.25) is 0 Å². The molecule has 11 heavy (non-hydrogen) atoms. The number of rotatable bonds is 1. The van der Waals surface area contributed by atoms with Crippen molar-refractivity contribution in [1.82, 2.24) is 0 Å². The van der Waals surface area contributed by atoms with Crippen LogP contribution in [0.1, 0.15) is 53.3 Å². The zero-order valence-electron chi connectivity index (χ0n) is 7.73. The van der Waals surface area contributed by atoms with Crippen molar-refractivity contribution in [3.05, 3.63) is 0 Å². The highest BCUT2D eigenvalue weighted by atomic mass is 14.5. The Morgan fingerprint density at radius 2 is 1.64 bits per heavy atom. The molecule has 0 aromatic heterocycles. The minimum absolute atomic E-state index is 0. The Morgan fingerprint density at radius 3 is 1.82 bits per heavy atom. The van der Waals surface area contributed by atoms with E-state index < -0.39 is 0 Å². The molecule has 1 spiro atoms. The summed E-state index contributed by atoms with van der Waals surface area (Å²) < 4.78 is 0. The molecule has 1 nitrogen and oxygen atoms in total. The monoisotopic (exact) mass is 157 g/mol. The minimum Gasteiger partial charge on any atom is -0.330 e. The standard InChI is InChI=1S/C7H12.C3H9N.H2/c1-2-4-7(3-1)5-6-7;1-2-3-4;/h1-6H2;2-4H2,1H3;1H. The summed E-state index contributed by atoms with van der Waals surface area (Å²) in [5.41, 5.74) is 5.97. The van der Waals surface area contributed by atoms with Crippen molar-refractivity contribution >= 4 is 0 Å².